The van der Waals surface area contributed by atoms with Crippen LogP contribution in [-0.4, -0.2) is 72.3 Å². The number of aliphatic hydroxyl groups is 1. The number of hydrogen-bond acceptors (Lipinski definition) is 7. The number of ether oxygens (including phenoxy) is 4. The molecule has 2 amide bonds. The Morgan fingerprint density at radius 2 is 1.87 bits per heavy atom. The van der Waals surface area contributed by atoms with Crippen LogP contribution in [0, 0.1) is 0 Å². The lowest BCUT2D eigenvalue weighted by atomic mass is 9.86. The molecule has 3 aliphatic heterocycles. The third-order valence-electron chi connectivity index (χ3n) is 5.66. The molecule has 4 rings (SSSR count). The second kappa shape index (κ2) is 8.11. The third kappa shape index (κ3) is 4.98. The first-order valence-electron chi connectivity index (χ1n) is 10.7. The van der Waals surface area contributed by atoms with Crippen molar-refractivity contribution < 1.29 is 33.6 Å². The van der Waals surface area contributed by atoms with Gasteiger partial charge in [-0.05, 0) is 45.7 Å². The molecule has 1 aromatic rings. The third-order valence-corrected chi connectivity index (χ3v) is 5.66. The number of hydrogen-bond donors (Lipinski definition) is 1. The first-order valence-corrected chi connectivity index (χ1v) is 10.7. The van der Waals surface area contributed by atoms with Gasteiger partial charge in [-0.25, -0.2) is 9.59 Å². The van der Waals surface area contributed by atoms with Crippen molar-refractivity contribution in [3.63, 3.8) is 0 Å². The van der Waals surface area contributed by atoms with Crippen LogP contribution in [0.1, 0.15) is 40.0 Å². The minimum Gasteiger partial charge on any atom is -0.486 e. The zero-order valence-electron chi connectivity index (χ0n) is 18.3. The highest BCUT2D eigenvalue weighted by Crippen LogP contribution is 2.37. The first kappa shape index (κ1) is 21.5. The van der Waals surface area contributed by atoms with E-state index in [1.54, 1.807) is 28.0 Å². The summed E-state index contributed by atoms with van der Waals surface area (Å²) in [5.41, 5.74) is -0.879. The van der Waals surface area contributed by atoms with Gasteiger partial charge in [0, 0.05) is 25.6 Å². The molecule has 2 saturated heterocycles. The summed E-state index contributed by atoms with van der Waals surface area (Å²) in [6.45, 7) is 7.60. The van der Waals surface area contributed by atoms with Gasteiger partial charge in [0.1, 0.15) is 24.9 Å². The molecule has 0 aromatic heterocycles. The average molecular weight is 434 g/mol. The van der Waals surface area contributed by atoms with Crippen LogP contribution < -0.4 is 14.4 Å². The van der Waals surface area contributed by atoms with Crippen molar-refractivity contribution in [2.45, 2.75) is 57.3 Å². The van der Waals surface area contributed by atoms with E-state index in [-0.39, 0.29) is 6.09 Å². The molecule has 1 atom stereocenters. The zero-order valence-corrected chi connectivity index (χ0v) is 18.3. The van der Waals surface area contributed by atoms with Gasteiger partial charge < -0.3 is 29.0 Å². The molecule has 9 heteroatoms. The standard InChI is InChI=1S/C22H30N2O7/c1-21(2,3)31-19(25)23-8-6-22(27,7-9-23)13-16-14-24(20(26)30-16)15-4-5-17-18(12-15)29-11-10-28-17/h4-5,12,16,27H,6-11,13-14H2,1-3H3. The summed E-state index contributed by atoms with van der Waals surface area (Å²) in [5.74, 6) is 1.26. The Morgan fingerprint density at radius 1 is 1.19 bits per heavy atom. The van der Waals surface area contributed by atoms with E-state index in [9.17, 15) is 14.7 Å². The summed E-state index contributed by atoms with van der Waals surface area (Å²) in [6.07, 6.45) is -0.113. The fourth-order valence-corrected chi connectivity index (χ4v) is 4.10. The van der Waals surface area contributed by atoms with Gasteiger partial charge in [-0.1, -0.05) is 0 Å². The van der Waals surface area contributed by atoms with E-state index in [0.717, 1.165) is 0 Å². The lowest BCUT2D eigenvalue weighted by Crippen LogP contribution is -2.49. The number of anilines is 1. The maximum atomic E-state index is 12.5. The van der Waals surface area contributed by atoms with Crippen molar-refractivity contribution in [1.82, 2.24) is 4.90 Å². The number of benzene rings is 1. The number of nitrogens with zero attached hydrogens (tertiary/aromatic N) is 2. The Morgan fingerprint density at radius 3 is 2.55 bits per heavy atom. The summed E-state index contributed by atoms with van der Waals surface area (Å²) < 4.78 is 22.1. The van der Waals surface area contributed by atoms with Crippen LogP contribution in [0.5, 0.6) is 11.5 Å². The predicted molar refractivity (Wildman–Crippen MR) is 112 cm³/mol. The number of amides is 2. The summed E-state index contributed by atoms with van der Waals surface area (Å²) in [5, 5.41) is 11.0. The van der Waals surface area contributed by atoms with E-state index < -0.39 is 23.4 Å². The molecule has 0 bridgehead atoms. The van der Waals surface area contributed by atoms with Gasteiger partial charge in [0.25, 0.3) is 0 Å². The van der Waals surface area contributed by atoms with Gasteiger partial charge in [-0.2, -0.15) is 0 Å². The summed E-state index contributed by atoms with van der Waals surface area (Å²) >= 11 is 0. The zero-order chi connectivity index (χ0) is 22.2. The van der Waals surface area contributed by atoms with E-state index in [2.05, 4.69) is 0 Å². The van der Waals surface area contributed by atoms with Crippen molar-refractivity contribution >= 4 is 17.9 Å². The summed E-state index contributed by atoms with van der Waals surface area (Å²) in [4.78, 5) is 27.9. The first-order chi connectivity index (χ1) is 14.6. The van der Waals surface area contributed by atoms with E-state index in [0.29, 0.717) is 69.3 Å². The summed E-state index contributed by atoms with van der Waals surface area (Å²) in [7, 11) is 0. The predicted octanol–water partition coefficient (Wildman–Crippen LogP) is 2.94. The molecule has 2 fully saturated rings. The summed E-state index contributed by atoms with van der Waals surface area (Å²) in [6, 6.07) is 5.35. The quantitative estimate of drug-likeness (QED) is 0.781. The number of carbonyl (C=O) groups is 2. The SMILES string of the molecule is CC(C)(C)OC(=O)N1CCC(O)(CC2CN(c3ccc4c(c3)OCCO4)C(=O)O2)CC1. The highest BCUT2D eigenvalue weighted by molar-refractivity contribution is 5.90. The number of cyclic esters (lactones) is 1. The number of carbonyl (C=O) groups excluding carboxylic acids is 2. The molecule has 170 valence electrons. The maximum absolute atomic E-state index is 12.5. The van der Waals surface area contributed by atoms with Gasteiger partial charge >= 0.3 is 12.2 Å². The second-order valence-electron chi connectivity index (χ2n) is 9.34. The largest absolute Gasteiger partial charge is 0.486 e. The molecule has 0 radical (unpaired) electrons. The highest BCUT2D eigenvalue weighted by Gasteiger charge is 2.42. The minimum absolute atomic E-state index is 0.321. The van der Waals surface area contributed by atoms with Crippen molar-refractivity contribution in [1.29, 1.82) is 0 Å². The number of fused-ring (bicyclic) bond motifs is 1. The van der Waals surface area contributed by atoms with E-state index in [4.69, 9.17) is 18.9 Å². The Balaban J connectivity index is 1.33. The Bertz CT molecular complexity index is 843. The Labute approximate surface area is 181 Å². The van der Waals surface area contributed by atoms with Crippen LogP contribution in [0.4, 0.5) is 15.3 Å². The van der Waals surface area contributed by atoms with Crippen LogP contribution in [0.25, 0.3) is 0 Å². The molecule has 1 unspecified atom stereocenters. The van der Waals surface area contributed by atoms with Crippen LogP contribution in [-0.2, 0) is 9.47 Å². The molecule has 3 heterocycles. The lowest BCUT2D eigenvalue weighted by Gasteiger charge is -2.39. The fraction of sp³-hybridized carbons (Fsp3) is 0.636. The van der Waals surface area contributed by atoms with Crippen molar-refractivity contribution in [2.75, 3.05) is 37.7 Å². The van der Waals surface area contributed by atoms with Crippen molar-refractivity contribution in [3.05, 3.63) is 18.2 Å². The smallest absolute Gasteiger partial charge is 0.414 e. The van der Waals surface area contributed by atoms with Gasteiger partial charge in [0.15, 0.2) is 11.5 Å². The molecule has 1 N–H and O–H groups in total. The van der Waals surface area contributed by atoms with Gasteiger partial charge in [-0.3, -0.25) is 4.90 Å². The minimum atomic E-state index is -0.994. The van der Waals surface area contributed by atoms with Crippen LogP contribution in [0.2, 0.25) is 0 Å². The van der Waals surface area contributed by atoms with Crippen molar-refractivity contribution in [3.8, 4) is 11.5 Å². The van der Waals surface area contributed by atoms with Gasteiger partial charge in [0.05, 0.1) is 17.8 Å². The molecule has 9 nitrogen and oxygen atoms in total. The molecular formula is C22H30N2O7. The van der Waals surface area contributed by atoms with Crippen molar-refractivity contribution in [2.24, 2.45) is 0 Å². The average Bonchev–Trinajstić information content (AvgIpc) is 3.06. The molecule has 1 aromatic carbocycles. The molecule has 0 spiro atoms. The molecule has 31 heavy (non-hydrogen) atoms. The molecule has 3 aliphatic rings. The second-order valence-corrected chi connectivity index (χ2v) is 9.34. The Kier molecular flexibility index (Phi) is 5.63. The van der Waals surface area contributed by atoms with E-state index in [1.807, 2.05) is 20.8 Å². The topological polar surface area (TPSA) is 97.8 Å². The molecule has 0 aliphatic carbocycles. The van der Waals surface area contributed by atoms with Crippen LogP contribution >= 0.6 is 0 Å². The number of piperidine rings is 1. The number of rotatable bonds is 3. The van der Waals surface area contributed by atoms with Gasteiger partial charge in [0.2, 0.25) is 0 Å². The van der Waals surface area contributed by atoms with Crippen LogP contribution in [0.3, 0.4) is 0 Å². The maximum Gasteiger partial charge on any atom is 0.414 e. The fourth-order valence-electron chi connectivity index (χ4n) is 4.10. The molecular weight excluding hydrogens is 404 g/mol. The monoisotopic (exact) mass is 434 g/mol. The normalized spacial score (nSPS) is 22.8. The lowest BCUT2D eigenvalue weighted by molar-refractivity contribution is -0.0533. The molecule has 0 saturated carbocycles. The van der Waals surface area contributed by atoms with E-state index >= 15 is 0 Å². The van der Waals surface area contributed by atoms with Gasteiger partial charge in [-0.15, -0.1) is 0 Å². The van der Waals surface area contributed by atoms with Crippen LogP contribution in [0.15, 0.2) is 18.2 Å². The Hall–Kier alpha value is -2.68. The highest BCUT2D eigenvalue weighted by atomic mass is 16.6. The number of likely N-dealkylation sites (tertiary alicyclic amines) is 1. The van der Waals surface area contributed by atoms with E-state index in [1.165, 1.54) is 0 Å².